The molecule has 0 unspecified atom stereocenters. The Morgan fingerprint density at radius 2 is 2.05 bits per heavy atom. The van der Waals surface area contributed by atoms with Gasteiger partial charge in [0.1, 0.15) is 5.82 Å². The van der Waals surface area contributed by atoms with E-state index in [1.165, 1.54) is 5.56 Å². The monoisotopic (exact) mass is 280 g/mol. The Morgan fingerprint density at radius 3 is 2.86 bits per heavy atom. The number of fused-ring (bicyclic) bond motifs is 1. The highest BCUT2D eigenvalue weighted by Gasteiger charge is 2.07. The maximum atomic E-state index is 5.52. The molecule has 0 radical (unpaired) electrons. The lowest BCUT2D eigenvalue weighted by Crippen LogP contribution is -2.08. The van der Waals surface area contributed by atoms with Crippen molar-refractivity contribution in [3.05, 3.63) is 48.0 Å². The van der Waals surface area contributed by atoms with Gasteiger partial charge in [0.25, 0.3) is 0 Å². The zero-order valence-corrected chi connectivity index (χ0v) is 12.2. The number of para-hydroxylation sites is 1. The SMILES string of the molecule is Cc1cccc2[nH]c(-c3cccc(NCCCN)c3)nc12. The van der Waals surface area contributed by atoms with Gasteiger partial charge in [-0.3, -0.25) is 0 Å². The maximum Gasteiger partial charge on any atom is 0.138 e. The Morgan fingerprint density at radius 1 is 1.19 bits per heavy atom. The molecule has 1 aromatic heterocycles. The zero-order chi connectivity index (χ0) is 14.7. The minimum Gasteiger partial charge on any atom is -0.385 e. The van der Waals surface area contributed by atoms with E-state index in [9.17, 15) is 0 Å². The number of H-pyrrole nitrogens is 1. The van der Waals surface area contributed by atoms with Crippen molar-refractivity contribution in [2.24, 2.45) is 5.73 Å². The van der Waals surface area contributed by atoms with Crippen molar-refractivity contribution in [3.63, 3.8) is 0 Å². The van der Waals surface area contributed by atoms with Crippen LogP contribution in [-0.4, -0.2) is 23.1 Å². The van der Waals surface area contributed by atoms with Gasteiger partial charge in [0.05, 0.1) is 11.0 Å². The van der Waals surface area contributed by atoms with Crippen molar-refractivity contribution in [2.75, 3.05) is 18.4 Å². The van der Waals surface area contributed by atoms with Crippen LogP contribution in [0.15, 0.2) is 42.5 Å². The number of nitrogens with two attached hydrogens (primary N) is 1. The first-order valence-electron chi connectivity index (χ1n) is 7.27. The largest absolute Gasteiger partial charge is 0.385 e. The summed E-state index contributed by atoms with van der Waals surface area (Å²) in [6, 6.07) is 14.5. The number of hydrogen-bond acceptors (Lipinski definition) is 3. The molecule has 3 rings (SSSR count). The minimum absolute atomic E-state index is 0.704. The molecule has 4 nitrogen and oxygen atoms in total. The molecule has 0 aliphatic heterocycles. The number of imidazole rings is 1. The quantitative estimate of drug-likeness (QED) is 0.628. The van der Waals surface area contributed by atoms with Gasteiger partial charge >= 0.3 is 0 Å². The van der Waals surface area contributed by atoms with Crippen molar-refractivity contribution in [2.45, 2.75) is 13.3 Å². The highest BCUT2D eigenvalue weighted by atomic mass is 14.9. The lowest BCUT2D eigenvalue weighted by atomic mass is 10.2. The lowest BCUT2D eigenvalue weighted by Gasteiger charge is -2.06. The number of aromatic amines is 1. The normalized spacial score (nSPS) is 11.0. The first kappa shape index (κ1) is 13.6. The molecule has 1 heterocycles. The fraction of sp³-hybridized carbons (Fsp3) is 0.235. The number of aryl methyl sites for hydroxylation is 1. The van der Waals surface area contributed by atoms with Crippen molar-refractivity contribution >= 4 is 16.7 Å². The first-order chi connectivity index (χ1) is 10.3. The van der Waals surface area contributed by atoms with Crippen LogP contribution < -0.4 is 11.1 Å². The summed E-state index contributed by atoms with van der Waals surface area (Å²) in [5, 5.41) is 3.38. The van der Waals surface area contributed by atoms with Crippen LogP contribution in [0.5, 0.6) is 0 Å². The molecule has 0 spiro atoms. The highest BCUT2D eigenvalue weighted by molar-refractivity contribution is 5.82. The van der Waals surface area contributed by atoms with E-state index in [2.05, 4.69) is 47.6 Å². The van der Waals surface area contributed by atoms with Gasteiger partial charge in [0.2, 0.25) is 0 Å². The smallest absolute Gasteiger partial charge is 0.138 e. The van der Waals surface area contributed by atoms with Crippen LogP contribution >= 0.6 is 0 Å². The van der Waals surface area contributed by atoms with E-state index in [1.807, 2.05) is 12.1 Å². The van der Waals surface area contributed by atoms with Crippen LogP contribution in [0.3, 0.4) is 0 Å². The van der Waals surface area contributed by atoms with Crippen LogP contribution in [0.2, 0.25) is 0 Å². The van der Waals surface area contributed by atoms with Crippen molar-refractivity contribution in [3.8, 4) is 11.4 Å². The van der Waals surface area contributed by atoms with E-state index in [4.69, 9.17) is 10.7 Å². The Kier molecular flexibility index (Phi) is 3.88. The third-order valence-corrected chi connectivity index (χ3v) is 3.56. The molecular formula is C17H20N4. The zero-order valence-electron chi connectivity index (χ0n) is 12.2. The minimum atomic E-state index is 0.704. The number of nitrogens with zero attached hydrogens (tertiary/aromatic N) is 1. The molecule has 21 heavy (non-hydrogen) atoms. The summed E-state index contributed by atoms with van der Waals surface area (Å²) >= 11 is 0. The van der Waals surface area contributed by atoms with Crippen molar-refractivity contribution in [1.82, 2.24) is 9.97 Å². The van der Waals surface area contributed by atoms with E-state index in [0.717, 1.165) is 41.1 Å². The molecule has 0 bridgehead atoms. The molecule has 0 aliphatic carbocycles. The number of aromatic nitrogens is 2. The molecule has 0 saturated carbocycles. The topological polar surface area (TPSA) is 66.7 Å². The third-order valence-electron chi connectivity index (χ3n) is 3.56. The van der Waals surface area contributed by atoms with Crippen LogP contribution in [0.1, 0.15) is 12.0 Å². The maximum absolute atomic E-state index is 5.52. The second-order valence-corrected chi connectivity index (χ2v) is 5.21. The number of benzene rings is 2. The predicted octanol–water partition coefficient (Wildman–Crippen LogP) is 3.30. The van der Waals surface area contributed by atoms with Crippen molar-refractivity contribution in [1.29, 1.82) is 0 Å². The molecule has 0 saturated heterocycles. The average Bonchev–Trinajstić information content (AvgIpc) is 2.94. The van der Waals surface area contributed by atoms with Gasteiger partial charge in [-0.25, -0.2) is 4.98 Å². The Hall–Kier alpha value is -2.33. The summed E-state index contributed by atoms with van der Waals surface area (Å²) in [4.78, 5) is 8.11. The number of anilines is 1. The Labute approximate surface area is 124 Å². The fourth-order valence-electron chi connectivity index (χ4n) is 2.42. The van der Waals surface area contributed by atoms with Gasteiger partial charge in [0.15, 0.2) is 0 Å². The molecule has 4 heteroatoms. The predicted molar refractivity (Wildman–Crippen MR) is 88.4 cm³/mol. The van der Waals surface area contributed by atoms with E-state index in [0.29, 0.717) is 6.54 Å². The summed E-state index contributed by atoms with van der Waals surface area (Å²) in [5.74, 6) is 0.904. The van der Waals surface area contributed by atoms with Gasteiger partial charge in [-0.1, -0.05) is 24.3 Å². The summed E-state index contributed by atoms with van der Waals surface area (Å²) < 4.78 is 0. The molecule has 3 aromatic rings. The standard InChI is InChI=1S/C17H20N4/c1-12-5-2-8-15-16(12)21-17(20-15)13-6-3-7-14(11-13)19-10-4-9-18/h2-3,5-8,11,19H,4,9-10,18H2,1H3,(H,20,21). The molecule has 4 N–H and O–H groups in total. The van der Waals surface area contributed by atoms with E-state index >= 15 is 0 Å². The average molecular weight is 280 g/mol. The molecule has 108 valence electrons. The van der Waals surface area contributed by atoms with Crippen LogP contribution in [0.4, 0.5) is 5.69 Å². The van der Waals surface area contributed by atoms with Crippen LogP contribution in [0.25, 0.3) is 22.4 Å². The molecule has 0 aliphatic rings. The van der Waals surface area contributed by atoms with E-state index in [-0.39, 0.29) is 0 Å². The molecule has 0 fully saturated rings. The van der Waals surface area contributed by atoms with Gasteiger partial charge in [-0.05, 0) is 43.7 Å². The molecule has 2 aromatic carbocycles. The van der Waals surface area contributed by atoms with Crippen LogP contribution in [-0.2, 0) is 0 Å². The Balaban J connectivity index is 1.91. The second kappa shape index (κ2) is 5.97. The number of rotatable bonds is 5. The summed E-state index contributed by atoms with van der Waals surface area (Å²) in [6.07, 6.45) is 0.966. The first-order valence-corrected chi connectivity index (χ1v) is 7.27. The van der Waals surface area contributed by atoms with Crippen LogP contribution in [0, 0.1) is 6.92 Å². The van der Waals surface area contributed by atoms with Gasteiger partial charge in [0, 0.05) is 17.8 Å². The summed E-state index contributed by atoms with van der Waals surface area (Å²) in [5.41, 5.74) is 11.0. The Bertz CT molecular complexity index is 745. The third kappa shape index (κ3) is 2.90. The number of hydrogen-bond donors (Lipinski definition) is 3. The van der Waals surface area contributed by atoms with Gasteiger partial charge in [-0.2, -0.15) is 0 Å². The van der Waals surface area contributed by atoms with E-state index in [1.54, 1.807) is 0 Å². The summed E-state index contributed by atoms with van der Waals surface area (Å²) in [6.45, 7) is 3.67. The molecular weight excluding hydrogens is 260 g/mol. The highest BCUT2D eigenvalue weighted by Crippen LogP contribution is 2.24. The van der Waals surface area contributed by atoms with Gasteiger partial charge < -0.3 is 16.0 Å². The van der Waals surface area contributed by atoms with Crippen molar-refractivity contribution < 1.29 is 0 Å². The lowest BCUT2D eigenvalue weighted by molar-refractivity contribution is 0.874. The molecule has 0 amide bonds. The second-order valence-electron chi connectivity index (χ2n) is 5.21. The molecule has 0 atom stereocenters. The fourth-order valence-corrected chi connectivity index (χ4v) is 2.42. The summed E-state index contributed by atoms with van der Waals surface area (Å²) in [7, 11) is 0. The van der Waals surface area contributed by atoms with Gasteiger partial charge in [-0.15, -0.1) is 0 Å². The van der Waals surface area contributed by atoms with E-state index < -0.39 is 0 Å². The number of nitrogens with one attached hydrogen (secondary N) is 2.